The van der Waals surface area contributed by atoms with Gasteiger partial charge in [-0.15, -0.1) is 11.8 Å². The Labute approximate surface area is 121 Å². The van der Waals surface area contributed by atoms with Gasteiger partial charge in [-0.25, -0.2) is 4.99 Å². The molecular weight excluding hydrogens is 274 g/mol. The number of rotatable bonds is 4. The van der Waals surface area contributed by atoms with Gasteiger partial charge in [-0.3, -0.25) is 0 Å². The number of hydrogen-bond donors (Lipinski definition) is 0. The van der Waals surface area contributed by atoms with Gasteiger partial charge in [0.15, 0.2) is 0 Å². The predicted molar refractivity (Wildman–Crippen MR) is 92.3 cm³/mol. The summed E-state index contributed by atoms with van der Waals surface area (Å²) in [7, 11) is -0.977. The molecule has 100 valence electrons. The van der Waals surface area contributed by atoms with Crippen molar-refractivity contribution < 1.29 is 0 Å². The molecule has 0 aliphatic rings. The van der Waals surface area contributed by atoms with Crippen molar-refractivity contribution in [3.8, 4) is 0 Å². The van der Waals surface area contributed by atoms with Crippen molar-refractivity contribution in [1.29, 1.82) is 0 Å². The third-order valence-corrected chi connectivity index (χ3v) is 6.58. The summed E-state index contributed by atoms with van der Waals surface area (Å²) in [5, 5.41) is 0.659. The van der Waals surface area contributed by atoms with Crippen LogP contribution in [0.3, 0.4) is 0 Å². The predicted octanol–water partition coefficient (Wildman–Crippen LogP) is 5.50. The van der Waals surface area contributed by atoms with Gasteiger partial charge in [0.05, 0.1) is 5.69 Å². The van der Waals surface area contributed by atoms with Gasteiger partial charge in [0, 0.05) is 13.3 Å². The van der Waals surface area contributed by atoms with Gasteiger partial charge in [0.1, 0.15) is 4.38 Å². The molecule has 0 saturated heterocycles. The van der Waals surface area contributed by atoms with Crippen LogP contribution in [0.1, 0.15) is 6.92 Å². The zero-order valence-corrected chi connectivity index (χ0v) is 14.6. The minimum absolute atomic E-state index is 0.659. The largest absolute Gasteiger partial charge is 0.235 e. The minimum atomic E-state index is -0.977. The van der Waals surface area contributed by atoms with Crippen LogP contribution in [0.15, 0.2) is 35.3 Å². The number of hydrogen-bond acceptors (Lipinski definition) is 3. The van der Waals surface area contributed by atoms with Crippen LogP contribution in [-0.2, 0) is 0 Å². The fourth-order valence-electron chi connectivity index (χ4n) is 1.80. The van der Waals surface area contributed by atoms with Crippen LogP contribution in [0.5, 0.6) is 0 Å². The summed E-state index contributed by atoms with van der Waals surface area (Å²) in [6.45, 7) is 9.60. The monoisotopic (exact) mass is 297 g/mol. The second-order valence-corrected chi connectivity index (χ2v) is 13.6. The first-order valence-corrected chi connectivity index (χ1v) is 12.1. The Bertz CT molecular complexity index is 385. The van der Waals surface area contributed by atoms with E-state index in [1.54, 1.807) is 11.8 Å². The van der Waals surface area contributed by atoms with Crippen molar-refractivity contribution in [2.45, 2.75) is 37.9 Å². The molecule has 0 radical (unpaired) electrons. The molecule has 0 heterocycles. The highest BCUT2D eigenvalue weighted by Gasteiger charge is 2.19. The van der Waals surface area contributed by atoms with E-state index in [4.69, 9.17) is 4.99 Å². The van der Waals surface area contributed by atoms with E-state index in [-0.39, 0.29) is 0 Å². The van der Waals surface area contributed by atoms with E-state index in [1.807, 2.05) is 30.0 Å². The second-order valence-electron chi connectivity index (χ2n) is 5.61. The van der Waals surface area contributed by atoms with Crippen molar-refractivity contribution in [1.82, 2.24) is 0 Å². The van der Waals surface area contributed by atoms with Gasteiger partial charge in [-0.05, 0) is 24.4 Å². The maximum absolute atomic E-state index is 4.71. The standard InChI is InChI=1S/C14H23NS2Si/c1-12(11-18(3,4)5)17-14(16-2)15-13-9-7-6-8-10-13/h6-10,12H,11H2,1-5H3. The molecule has 0 aromatic heterocycles. The normalized spacial score (nSPS) is 14.6. The molecule has 4 heteroatoms. The summed E-state index contributed by atoms with van der Waals surface area (Å²) >= 11 is 3.66. The Morgan fingerprint density at radius 2 is 1.83 bits per heavy atom. The lowest BCUT2D eigenvalue weighted by molar-refractivity contribution is 1.08. The third kappa shape index (κ3) is 6.66. The van der Waals surface area contributed by atoms with Crippen LogP contribution in [0, 0.1) is 0 Å². The molecule has 18 heavy (non-hydrogen) atoms. The molecule has 0 N–H and O–H groups in total. The zero-order valence-electron chi connectivity index (χ0n) is 11.9. The Morgan fingerprint density at radius 1 is 1.22 bits per heavy atom. The van der Waals surface area contributed by atoms with Crippen molar-refractivity contribution >= 4 is 41.7 Å². The van der Waals surface area contributed by atoms with E-state index in [2.05, 4.69) is 45.0 Å². The second kappa shape index (κ2) is 7.41. The average Bonchev–Trinajstić information content (AvgIpc) is 2.27. The summed E-state index contributed by atoms with van der Waals surface area (Å²) in [5.41, 5.74) is 1.05. The summed E-state index contributed by atoms with van der Waals surface area (Å²) in [5.74, 6) is 0. The molecule has 0 aliphatic carbocycles. The molecule has 0 bridgehead atoms. The number of benzene rings is 1. The first-order valence-electron chi connectivity index (χ1n) is 6.25. The molecule has 1 atom stereocenters. The number of nitrogens with zero attached hydrogens (tertiary/aromatic N) is 1. The topological polar surface area (TPSA) is 12.4 Å². The molecule has 0 fully saturated rings. The zero-order chi connectivity index (χ0) is 13.6. The Hall–Kier alpha value is -0.193. The van der Waals surface area contributed by atoms with Gasteiger partial charge in [-0.2, -0.15) is 0 Å². The lowest BCUT2D eigenvalue weighted by atomic mass is 10.3. The molecule has 0 spiro atoms. The molecular formula is C14H23NS2Si. The van der Waals surface area contributed by atoms with Gasteiger partial charge in [0.25, 0.3) is 0 Å². The molecule has 1 unspecified atom stereocenters. The maximum atomic E-state index is 4.71. The van der Waals surface area contributed by atoms with Crippen LogP contribution < -0.4 is 0 Å². The van der Waals surface area contributed by atoms with Crippen LogP contribution in [-0.4, -0.2) is 24.0 Å². The van der Waals surface area contributed by atoms with Crippen molar-refractivity contribution in [2.24, 2.45) is 4.99 Å². The summed E-state index contributed by atoms with van der Waals surface area (Å²) in [4.78, 5) is 4.71. The quantitative estimate of drug-likeness (QED) is 0.413. The Balaban J connectivity index is 2.65. The highest BCUT2D eigenvalue weighted by atomic mass is 32.2. The Kier molecular flexibility index (Phi) is 6.53. The third-order valence-electron chi connectivity index (χ3n) is 2.35. The molecule has 1 rings (SSSR count). The van der Waals surface area contributed by atoms with Gasteiger partial charge < -0.3 is 0 Å². The van der Waals surface area contributed by atoms with Crippen molar-refractivity contribution in [3.63, 3.8) is 0 Å². The maximum Gasteiger partial charge on any atom is 0.130 e. The molecule has 1 nitrogen and oxygen atoms in total. The minimum Gasteiger partial charge on any atom is -0.235 e. The van der Waals surface area contributed by atoms with Gasteiger partial charge in [0.2, 0.25) is 0 Å². The van der Waals surface area contributed by atoms with Crippen molar-refractivity contribution in [3.05, 3.63) is 30.3 Å². The van der Waals surface area contributed by atoms with Crippen LogP contribution >= 0.6 is 23.5 Å². The molecule has 1 aromatic rings. The summed E-state index contributed by atoms with van der Waals surface area (Å²) in [6, 6.07) is 11.5. The van der Waals surface area contributed by atoms with Crippen LogP contribution in [0.4, 0.5) is 5.69 Å². The van der Waals surface area contributed by atoms with Crippen LogP contribution in [0.25, 0.3) is 0 Å². The SMILES string of the molecule is CSC(=Nc1ccccc1)SC(C)C[Si](C)(C)C. The number of thioether (sulfide) groups is 2. The van der Waals surface area contributed by atoms with E-state index in [9.17, 15) is 0 Å². The first-order chi connectivity index (χ1) is 8.40. The van der Waals surface area contributed by atoms with E-state index < -0.39 is 8.07 Å². The van der Waals surface area contributed by atoms with Gasteiger partial charge >= 0.3 is 0 Å². The summed E-state index contributed by atoms with van der Waals surface area (Å²) in [6.07, 6.45) is 2.11. The van der Waals surface area contributed by atoms with E-state index in [1.165, 1.54) is 10.4 Å². The van der Waals surface area contributed by atoms with E-state index >= 15 is 0 Å². The van der Waals surface area contributed by atoms with Crippen LogP contribution in [0.2, 0.25) is 25.7 Å². The van der Waals surface area contributed by atoms with Gasteiger partial charge in [-0.1, -0.05) is 56.5 Å². The highest BCUT2D eigenvalue weighted by molar-refractivity contribution is 8.38. The lowest BCUT2D eigenvalue weighted by Crippen LogP contribution is -2.24. The fourth-order valence-corrected chi connectivity index (χ4v) is 6.94. The molecule has 1 aromatic carbocycles. The van der Waals surface area contributed by atoms with E-state index in [0.29, 0.717) is 5.25 Å². The van der Waals surface area contributed by atoms with E-state index in [0.717, 1.165) is 5.69 Å². The van der Waals surface area contributed by atoms with Crippen molar-refractivity contribution in [2.75, 3.05) is 6.26 Å². The lowest BCUT2D eigenvalue weighted by Gasteiger charge is -2.21. The Morgan fingerprint density at radius 3 is 2.33 bits per heavy atom. The molecule has 0 saturated carbocycles. The first kappa shape index (κ1) is 15.9. The smallest absolute Gasteiger partial charge is 0.130 e. The average molecular weight is 298 g/mol. The molecule has 0 aliphatic heterocycles. The number of para-hydroxylation sites is 1. The number of aliphatic imine (C=N–C) groups is 1. The summed E-state index contributed by atoms with van der Waals surface area (Å²) < 4.78 is 1.17. The highest BCUT2D eigenvalue weighted by Crippen LogP contribution is 2.28. The molecule has 0 amide bonds. The fraction of sp³-hybridized carbons (Fsp3) is 0.500.